The highest BCUT2D eigenvalue weighted by atomic mass is 19.1. The molecule has 0 saturated carbocycles. The van der Waals surface area contributed by atoms with Gasteiger partial charge in [-0.25, -0.2) is 9.37 Å². The average Bonchev–Trinajstić information content (AvgIpc) is 2.66. The molecule has 0 aliphatic heterocycles. The first-order valence-corrected chi connectivity index (χ1v) is 8.03. The largest absolute Gasteiger partial charge is 0.352 e. The van der Waals surface area contributed by atoms with Crippen molar-refractivity contribution in [1.82, 2.24) is 4.98 Å². The van der Waals surface area contributed by atoms with E-state index in [0.717, 1.165) is 5.69 Å². The number of aromatic nitrogens is 1. The van der Waals surface area contributed by atoms with Gasteiger partial charge in [-0.3, -0.25) is 4.79 Å². The number of para-hydroxylation sites is 2. The molecule has 2 aromatic carbocycles. The van der Waals surface area contributed by atoms with E-state index in [1.807, 2.05) is 37.3 Å². The number of nitrogens with zero attached hydrogens (tertiary/aromatic N) is 2. The van der Waals surface area contributed by atoms with Gasteiger partial charge in [0.15, 0.2) is 0 Å². The van der Waals surface area contributed by atoms with Crippen molar-refractivity contribution < 1.29 is 9.18 Å². The Morgan fingerprint density at radius 2 is 1.76 bits per heavy atom. The van der Waals surface area contributed by atoms with E-state index in [9.17, 15) is 9.18 Å². The number of pyridine rings is 1. The summed E-state index contributed by atoms with van der Waals surface area (Å²) in [6.45, 7) is 2.46. The van der Waals surface area contributed by atoms with E-state index in [0.29, 0.717) is 23.6 Å². The summed E-state index contributed by atoms with van der Waals surface area (Å²) in [7, 11) is 0. The van der Waals surface area contributed by atoms with Crippen LogP contribution in [0.25, 0.3) is 0 Å². The Bertz CT molecular complexity index is 850. The third-order valence-electron chi connectivity index (χ3n) is 3.76. The highest BCUT2D eigenvalue weighted by molar-refractivity contribution is 6.04. The number of carbonyl (C=O) groups is 1. The molecule has 0 radical (unpaired) electrons. The Morgan fingerprint density at radius 3 is 2.40 bits per heavy atom. The summed E-state index contributed by atoms with van der Waals surface area (Å²) in [5.74, 6) is -0.518. The van der Waals surface area contributed by atoms with Gasteiger partial charge >= 0.3 is 0 Å². The number of hydrogen-bond donors (Lipinski definition) is 1. The van der Waals surface area contributed by atoms with Crippen LogP contribution in [0.3, 0.4) is 0 Å². The molecule has 0 spiro atoms. The number of anilines is 3. The molecular weight excluding hydrogens is 317 g/mol. The molecule has 1 N–H and O–H groups in total. The van der Waals surface area contributed by atoms with Gasteiger partial charge in [0.05, 0.1) is 17.6 Å². The van der Waals surface area contributed by atoms with Crippen LogP contribution < -0.4 is 10.2 Å². The van der Waals surface area contributed by atoms with Crippen LogP contribution in [-0.4, -0.2) is 17.4 Å². The van der Waals surface area contributed by atoms with E-state index >= 15 is 0 Å². The molecule has 1 amide bonds. The Morgan fingerprint density at radius 1 is 1.04 bits per heavy atom. The van der Waals surface area contributed by atoms with Crippen LogP contribution in [0.2, 0.25) is 0 Å². The normalized spacial score (nSPS) is 10.3. The van der Waals surface area contributed by atoms with E-state index in [2.05, 4.69) is 10.3 Å². The van der Waals surface area contributed by atoms with E-state index in [1.165, 1.54) is 12.3 Å². The lowest BCUT2D eigenvalue weighted by atomic mass is 10.2. The molecule has 3 aromatic rings. The summed E-state index contributed by atoms with van der Waals surface area (Å²) >= 11 is 0. The zero-order valence-electron chi connectivity index (χ0n) is 13.8. The molecule has 1 aromatic heterocycles. The second-order valence-corrected chi connectivity index (χ2v) is 5.42. The molecule has 1 heterocycles. The number of rotatable bonds is 5. The van der Waals surface area contributed by atoms with Gasteiger partial charge in [-0.1, -0.05) is 30.3 Å². The summed E-state index contributed by atoms with van der Waals surface area (Å²) in [5, 5.41) is 2.95. The monoisotopic (exact) mass is 335 g/mol. The number of benzene rings is 2. The maximum absolute atomic E-state index is 13.7. The lowest BCUT2D eigenvalue weighted by Gasteiger charge is -2.20. The first kappa shape index (κ1) is 16.6. The average molecular weight is 335 g/mol. The molecule has 0 bridgehead atoms. The van der Waals surface area contributed by atoms with Crippen LogP contribution in [0.15, 0.2) is 72.9 Å². The predicted octanol–water partition coefficient (Wildman–Crippen LogP) is 4.63. The molecular formula is C20H18FN3O. The van der Waals surface area contributed by atoms with Crippen molar-refractivity contribution in [2.24, 2.45) is 0 Å². The highest BCUT2D eigenvalue weighted by Gasteiger charge is 2.17. The quantitative estimate of drug-likeness (QED) is 0.739. The van der Waals surface area contributed by atoms with Gasteiger partial charge in [-0.05, 0) is 43.3 Å². The van der Waals surface area contributed by atoms with Crippen molar-refractivity contribution in [3.63, 3.8) is 0 Å². The molecule has 0 atom stereocenters. The van der Waals surface area contributed by atoms with Crippen molar-refractivity contribution in [3.05, 3.63) is 84.4 Å². The summed E-state index contributed by atoms with van der Waals surface area (Å²) < 4.78 is 13.7. The molecule has 126 valence electrons. The number of amides is 1. The molecule has 0 fully saturated rings. The molecule has 25 heavy (non-hydrogen) atoms. The maximum Gasteiger partial charge on any atom is 0.276 e. The summed E-state index contributed by atoms with van der Waals surface area (Å²) in [5.41, 5.74) is 2.14. The van der Waals surface area contributed by atoms with Gasteiger partial charge in [0.1, 0.15) is 11.5 Å². The number of nitrogens with one attached hydrogen (secondary N) is 1. The molecule has 0 saturated heterocycles. The summed E-state index contributed by atoms with van der Waals surface area (Å²) in [4.78, 5) is 18.6. The third kappa shape index (κ3) is 3.83. The van der Waals surface area contributed by atoms with Crippen LogP contribution in [0.4, 0.5) is 21.5 Å². The SMILES string of the molecule is CCN(C(=O)c1ccc(Nc2ccccc2F)cn1)c1ccccc1. The van der Waals surface area contributed by atoms with Gasteiger partial charge in [-0.15, -0.1) is 0 Å². The smallest absolute Gasteiger partial charge is 0.276 e. The van der Waals surface area contributed by atoms with Crippen molar-refractivity contribution >= 4 is 23.0 Å². The van der Waals surface area contributed by atoms with Crippen LogP contribution in [0.1, 0.15) is 17.4 Å². The minimum absolute atomic E-state index is 0.175. The van der Waals surface area contributed by atoms with Gasteiger partial charge in [0.2, 0.25) is 0 Å². The number of halogens is 1. The Labute approximate surface area is 145 Å². The Balaban J connectivity index is 1.77. The first-order valence-electron chi connectivity index (χ1n) is 8.03. The van der Waals surface area contributed by atoms with Crippen molar-refractivity contribution in [2.75, 3.05) is 16.8 Å². The Hall–Kier alpha value is -3.21. The highest BCUT2D eigenvalue weighted by Crippen LogP contribution is 2.20. The van der Waals surface area contributed by atoms with Crippen molar-refractivity contribution in [3.8, 4) is 0 Å². The lowest BCUT2D eigenvalue weighted by molar-refractivity contribution is 0.0983. The fourth-order valence-electron chi connectivity index (χ4n) is 2.50. The molecule has 4 nitrogen and oxygen atoms in total. The van der Waals surface area contributed by atoms with Crippen LogP contribution >= 0.6 is 0 Å². The van der Waals surface area contributed by atoms with Crippen molar-refractivity contribution in [1.29, 1.82) is 0 Å². The van der Waals surface area contributed by atoms with Gasteiger partial charge in [0.25, 0.3) is 5.91 Å². The first-order chi connectivity index (χ1) is 12.2. The Kier molecular flexibility index (Phi) is 5.04. The van der Waals surface area contributed by atoms with Gasteiger partial charge < -0.3 is 10.2 Å². The van der Waals surface area contributed by atoms with E-state index in [4.69, 9.17) is 0 Å². The summed E-state index contributed by atoms with van der Waals surface area (Å²) in [6.07, 6.45) is 1.53. The molecule has 0 aliphatic carbocycles. The third-order valence-corrected chi connectivity index (χ3v) is 3.76. The maximum atomic E-state index is 13.7. The second-order valence-electron chi connectivity index (χ2n) is 5.42. The molecule has 5 heteroatoms. The van der Waals surface area contributed by atoms with Gasteiger partial charge in [0, 0.05) is 12.2 Å². The van der Waals surface area contributed by atoms with Crippen LogP contribution in [-0.2, 0) is 0 Å². The van der Waals surface area contributed by atoms with Crippen LogP contribution in [0.5, 0.6) is 0 Å². The fourth-order valence-corrected chi connectivity index (χ4v) is 2.50. The number of carbonyl (C=O) groups excluding carboxylic acids is 1. The summed E-state index contributed by atoms with van der Waals surface area (Å²) in [6, 6.07) is 19.2. The molecule has 0 aliphatic rings. The van der Waals surface area contributed by atoms with Gasteiger partial charge in [-0.2, -0.15) is 0 Å². The molecule has 0 unspecified atom stereocenters. The van der Waals surface area contributed by atoms with Crippen molar-refractivity contribution in [2.45, 2.75) is 6.92 Å². The van der Waals surface area contributed by atoms with E-state index < -0.39 is 0 Å². The number of hydrogen-bond acceptors (Lipinski definition) is 3. The fraction of sp³-hybridized carbons (Fsp3) is 0.100. The molecule has 3 rings (SSSR count). The zero-order valence-corrected chi connectivity index (χ0v) is 13.8. The lowest BCUT2D eigenvalue weighted by Crippen LogP contribution is -2.31. The van der Waals surface area contributed by atoms with E-state index in [1.54, 1.807) is 35.2 Å². The zero-order chi connectivity index (χ0) is 17.6. The second kappa shape index (κ2) is 7.57. The van der Waals surface area contributed by atoms with Crippen LogP contribution in [0, 0.1) is 5.82 Å². The topological polar surface area (TPSA) is 45.2 Å². The standard InChI is InChI=1S/C20H18FN3O/c1-2-24(16-8-4-3-5-9-16)20(25)19-13-12-15(14-22-19)23-18-11-7-6-10-17(18)21/h3-14,23H,2H2,1H3. The van der Waals surface area contributed by atoms with E-state index in [-0.39, 0.29) is 11.7 Å². The predicted molar refractivity (Wildman–Crippen MR) is 97.7 cm³/mol. The minimum atomic E-state index is -0.344. The minimum Gasteiger partial charge on any atom is -0.352 e.